The molecule has 1 aromatic carbocycles. The first kappa shape index (κ1) is 13.1. The van der Waals surface area contributed by atoms with Gasteiger partial charge in [-0.25, -0.2) is 0 Å². The summed E-state index contributed by atoms with van der Waals surface area (Å²) in [5.41, 5.74) is 3.39. The van der Waals surface area contributed by atoms with Crippen molar-refractivity contribution < 1.29 is 5.11 Å². The summed E-state index contributed by atoms with van der Waals surface area (Å²) in [4.78, 5) is 0. The average molecular weight is 310 g/mol. The molecule has 5 heteroatoms. The molecule has 18 heavy (non-hydrogen) atoms. The van der Waals surface area contributed by atoms with Crippen LogP contribution in [0.15, 0.2) is 35.1 Å². The van der Waals surface area contributed by atoms with E-state index in [0.717, 1.165) is 22.3 Å². The van der Waals surface area contributed by atoms with Crippen molar-refractivity contribution in [1.82, 2.24) is 9.78 Å². The van der Waals surface area contributed by atoms with Crippen molar-refractivity contribution in [2.45, 2.75) is 20.0 Å². The first-order valence-electron chi connectivity index (χ1n) is 5.81. The fourth-order valence-electron chi connectivity index (χ4n) is 1.63. The van der Waals surface area contributed by atoms with Crippen LogP contribution in [0.25, 0.3) is 0 Å². The lowest BCUT2D eigenvalue weighted by molar-refractivity contribution is 0.269. The van der Waals surface area contributed by atoms with E-state index >= 15 is 0 Å². The molecule has 0 amide bonds. The Morgan fingerprint density at radius 2 is 2.28 bits per heavy atom. The molecule has 96 valence electrons. The molecule has 2 N–H and O–H groups in total. The molecule has 0 aliphatic heterocycles. The van der Waals surface area contributed by atoms with Crippen molar-refractivity contribution in [1.29, 1.82) is 0 Å². The van der Waals surface area contributed by atoms with Crippen molar-refractivity contribution in [2.75, 3.05) is 11.9 Å². The highest BCUT2D eigenvalue weighted by Gasteiger charge is 2.00. The quantitative estimate of drug-likeness (QED) is 0.892. The first-order valence-corrected chi connectivity index (χ1v) is 6.60. The van der Waals surface area contributed by atoms with E-state index in [4.69, 9.17) is 5.11 Å². The molecule has 0 unspecified atom stereocenters. The molecular formula is C13H16BrN3O. The Balaban J connectivity index is 1.95. The number of aliphatic hydroxyl groups excluding tert-OH is 1. The number of halogens is 1. The van der Waals surface area contributed by atoms with Gasteiger partial charge in [0, 0.05) is 28.5 Å². The Bertz CT molecular complexity index is 525. The maximum Gasteiger partial charge on any atom is 0.0640 e. The zero-order valence-electron chi connectivity index (χ0n) is 10.2. The Morgan fingerprint density at radius 1 is 1.44 bits per heavy atom. The number of benzene rings is 1. The summed E-state index contributed by atoms with van der Waals surface area (Å²) >= 11 is 3.51. The summed E-state index contributed by atoms with van der Waals surface area (Å²) in [6.07, 6.45) is 3.75. The van der Waals surface area contributed by atoms with Gasteiger partial charge in [0.25, 0.3) is 0 Å². The van der Waals surface area contributed by atoms with Crippen molar-refractivity contribution >= 4 is 21.6 Å². The van der Waals surface area contributed by atoms with Crippen LogP contribution < -0.4 is 5.32 Å². The molecule has 0 saturated carbocycles. The molecule has 0 fully saturated rings. The zero-order chi connectivity index (χ0) is 13.0. The Kier molecular flexibility index (Phi) is 4.38. The topological polar surface area (TPSA) is 50.1 Å². The second-order valence-corrected chi connectivity index (χ2v) is 5.01. The van der Waals surface area contributed by atoms with Crippen molar-refractivity contribution in [3.63, 3.8) is 0 Å². The van der Waals surface area contributed by atoms with Crippen LogP contribution >= 0.6 is 15.9 Å². The molecule has 1 aromatic heterocycles. The first-order chi connectivity index (χ1) is 8.69. The third-order valence-corrected chi connectivity index (χ3v) is 3.54. The highest BCUT2D eigenvalue weighted by molar-refractivity contribution is 9.10. The number of hydrogen-bond donors (Lipinski definition) is 2. The second-order valence-electron chi connectivity index (χ2n) is 4.15. The maximum atomic E-state index is 8.81. The molecule has 0 atom stereocenters. The predicted molar refractivity (Wildman–Crippen MR) is 75.5 cm³/mol. The minimum Gasteiger partial charge on any atom is -0.394 e. The maximum absolute atomic E-state index is 8.81. The number of nitrogens with one attached hydrogen (secondary N) is 1. The van der Waals surface area contributed by atoms with Crippen molar-refractivity contribution in [2.24, 2.45) is 0 Å². The lowest BCUT2D eigenvalue weighted by atomic mass is 10.2. The van der Waals surface area contributed by atoms with Gasteiger partial charge in [-0.2, -0.15) is 5.10 Å². The predicted octanol–water partition coefficient (Wildman–Crippen LogP) is 2.56. The Morgan fingerprint density at radius 3 is 3.00 bits per heavy atom. The fraction of sp³-hybridized carbons (Fsp3) is 0.308. The second kappa shape index (κ2) is 6.02. The monoisotopic (exact) mass is 309 g/mol. The molecule has 0 spiro atoms. The zero-order valence-corrected chi connectivity index (χ0v) is 11.8. The van der Waals surface area contributed by atoms with Gasteiger partial charge >= 0.3 is 0 Å². The van der Waals surface area contributed by atoms with Gasteiger partial charge < -0.3 is 10.4 Å². The smallest absolute Gasteiger partial charge is 0.0640 e. The van der Waals surface area contributed by atoms with Gasteiger partial charge in [0.05, 0.1) is 19.3 Å². The SMILES string of the molecule is Cc1ccc(NCc2cnn(CCO)c2)cc1Br. The van der Waals surface area contributed by atoms with Gasteiger partial charge in [-0.15, -0.1) is 0 Å². The minimum atomic E-state index is 0.111. The number of aromatic nitrogens is 2. The number of hydrogen-bond acceptors (Lipinski definition) is 3. The molecule has 2 aromatic rings. The van der Waals surface area contributed by atoms with E-state index < -0.39 is 0 Å². The van der Waals surface area contributed by atoms with Gasteiger partial charge in [-0.1, -0.05) is 22.0 Å². The van der Waals surface area contributed by atoms with Gasteiger partial charge in [-0.05, 0) is 24.6 Å². The van der Waals surface area contributed by atoms with Crippen LogP contribution in [0.2, 0.25) is 0 Å². The summed E-state index contributed by atoms with van der Waals surface area (Å²) in [6, 6.07) is 6.19. The third-order valence-electron chi connectivity index (χ3n) is 2.68. The summed E-state index contributed by atoms with van der Waals surface area (Å²) in [5.74, 6) is 0. The Labute approximate surface area is 115 Å². The van der Waals surface area contributed by atoms with E-state index in [1.807, 2.05) is 12.4 Å². The molecule has 0 saturated heterocycles. The number of nitrogens with zero attached hydrogens (tertiary/aromatic N) is 2. The summed E-state index contributed by atoms with van der Waals surface area (Å²) in [5, 5.41) is 16.3. The summed E-state index contributed by atoms with van der Waals surface area (Å²) in [7, 11) is 0. The van der Waals surface area contributed by atoms with E-state index in [0.29, 0.717) is 6.54 Å². The van der Waals surface area contributed by atoms with Gasteiger partial charge in [0.1, 0.15) is 0 Å². The normalized spacial score (nSPS) is 10.6. The van der Waals surface area contributed by atoms with Crippen LogP contribution in [0.3, 0.4) is 0 Å². The van der Waals surface area contributed by atoms with Gasteiger partial charge in [0.2, 0.25) is 0 Å². The van der Waals surface area contributed by atoms with Crippen molar-refractivity contribution in [3.8, 4) is 0 Å². The highest BCUT2D eigenvalue weighted by atomic mass is 79.9. The van der Waals surface area contributed by atoms with Crippen LogP contribution in [0.4, 0.5) is 5.69 Å². The Hall–Kier alpha value is -1.33. The summed E-state index contributed by atoms with van der Waals surface area (Å²) in [6.45, 7) is 3.43. The minimum absolute atomic E-state index is 0.111. The largest absolute Gasteiger partial charge is 0.394 e. The van der Waals surface area contributed by atoms with Gasteiger partial charge in [0.15, 0.2) is 0 Å². The molecular weight excluding hydrogens is 294 g/mol. The van der Waals surface area contributed by atoms with E-state index in [9.17, 15) is 0 Å². The standard InChI is InChI=1S/C13H16BrN3O/c1-10-2-3-12(6-13(10)14)15-7-11-8-16-17(9-11)4-5-18/h2-3,6,8-9,15,18H,4-5,7H2,1H3. The van der Waals surface area contributed by atoms with Crippen LogP contribution in [0.1, 0.15) is 11.1 Å². The lowest BCUT2D eigenvalue weighted by Crippen LogP contribution is -2.02. The van der Waals surface area contributed by atoms with Crippen LogP contribution in [0.5, 0.6) is 0 Å². The van der Waals surface area contributed by atoms with Gasteiger partial charge in [-0.3, -0.25) is 4.68 Å². The van der Waals surface area contributed by atoms with E-state index in [1.54, 1.807) is 4.68 Å². The fourth-order valence-corrected chi connectivity index (χ4v) is 2.01. The molecule has 0 bridgehead atoms. The molecule has 1 heterocycles. The molecule has 4 nitrogen and oxygen atoms in total. The third kappa shape index (κ3) is 3.34. The summed E-state index contributed by atoms with van der Waals surface area (Å²) < 4.78 is 2.84. The molecule has 0 radical (unpaired) electrons. The van der Waals surface area contributed by atoms with Crippen LogP contribution in [-0.2, 0) is 13.1 Å². The highest BCUT2D eigenvalue weighted by Crippen LogP contribution is 2.20. The number of aryl methyl sites for hydroxylation is 1. The van der Waals surface area contributed by atoms with E-state index in [-0.39, 0.29) is 6.61 Å². The number of anilines is 1. The molecule has 2 rings (SSSR count). The van der Waals surface area contributed by atoms with Crippen LogP contribution in [-0.4, -0.2) is 21.5 Å². The molecule has 0 aliphatic rings. The molecule has 0 aliphatic carbocycles. The number of aliphatic hydroxyl groups is 1. The van der Waals surface area contributed by atoms with Crippen LogP contribution in [0, 0.1) is 6.92 Å². The van der Waals surface area contributed by atoms with Crippen molar-refractivity contribution in [3.05, 3.63) is 46.2 Å². The van der Waals surface area contributed by atoms with E-state index in [1.165, 1.54) is 5.56 Å². The lowest BCUT2D eigenvalue weighted by Gasteiger charge is -2.06. The van der Waals surface area contributed by atoms with E-state index in [2.05, 4.69) is 51.5 Å². The average Bonchev–Trinajstić information content (AvgIpc) is 2.79. The number of rotatable bonds is 5.